The molecule has 15 heavy (non-hydrogen) atoms. The summed E-state index contributed by atoms with van der Waals surface area (Å²) in [5.74, 6) is 1.83. The van der Waals surface area contributed by atoms with Gasteiger partial charge in [-0.05, 0) is 43.1 Å². The lowest BCUT2D eigenvalue weighted by Crippen LogP contribution is -2.42. The van der Waals surface area contributed by atoms with E-state index in [2.05, 4.69) is 34.7 Å². The van der Waals surface area contributed by atoms with E-state index in [1.165, 1.54) is 50.6 Å². The molecule has 0 bridgehead atoms. The molecule has 2 heteroatoms. The summed E-state index contributed by atoms with van der Waals surface area (Å²) in [5.41, 5.74) is 0.645. The molecule has 1 atom stereocenters. The summed E-state index contributed by atoms with van der Waals surface area (Å²) in [5, 5.41) is 1.21. The van der Waals surface area contributed by atoms with Gasteiger partial charge in [0.15, 0.2) is 0 Å². The average Bonchev–Trinajstić information content (AvgIpc) is 2.59. The number of rotatable bonds is 4. The standard InChI is InChI=1S/C13H24BrN/c1-11(2)12-4-7-15(8-12)10-13(9-14)5-3-6-13/h11-12H,3-10H2,1-2H3. The van der Waals surface area contributed by atoms with Crippen LogP contribution in [0.2, 0.25) is 0 Å². The summed E-state index contributed by atoms with van der Waals surface area (Å²) in [6.07, 6.45) is 5.77. The minimum atomic E-state index is 0.645. The Balaban J connectivity index is 1.81. The number of hydrogen-bond donors (Lipinski definition) is 0. The van der Waals surface area contributed by atoms with E-state index in [1.54, 1.807) is 0 Å². The minimum absolute atomic E-state index is 0.645. The smallest absolute Gasteiger partial charge is 0.0100 e. The van der Waals surface area contributed by atoms with Gasteiger partial charge in [-0.25, -0.2) is 0 Å². The van der Waals surface area contributed by atoms with Crippen molar-refractivity contribution >= 4 is 15.9 Å². The summed E-state index contributed by atoms with van der Waals surface area (Å²) in [6.45, 7) is 8.79. The van der Waals surface area contributed by atoms with Gasteiger partial charge in [-0.2, -0.15) is 0 Å². The number of hydrogen-bond acceptors (Lipinski definition) is 1. The van der Waals surface area contributed by atoms with Gasteiger partial charge in [-0.15, -0.1) is 0 Å². The Bertz CT molecular complexity index is 205. The molecule has 1 nitrogen and oxygen atoms in total. The van der Waals surface area contributed by atoms with Crippen LogP contribution < -0.4 is 0 Å². The molecule has 0 N–H and O–H groups in total. The second-order valence-electron chi connectivity index (χ2n) is 6.02. The highest BCUT2D eigenvalue weighted by atomic mass is 79.9. The van der Waals surface area contributed by atoms with E-state index in [9.17, 15) is 0 Å². The van der Waals surface area contributed by atoms with Crippen molar-refractivity contribution in [3.8, 4) is 0 Å². The highest BCUT2D eigenvalue weighted by Crippen LogP contribution is 2.43. The highest BCUT2D eigenvalue weighted by Gasteiger charge is 2.39. The predicted octanol–water partition coefficient (Wildman–Crippen LogP) is 3.53. The summed E-state index contributed by atoms with van der Waals surface area (Å²) in [7, 11) is 0. The maximum atomic E-state index is 3.71. The third-order valence-corrected chi connectivity index (χ3v) is 5.70. The molecule has 0 aromatic heterocycles. The Morgan fingerprint density at radius 3 is 2.53 bits per heavy atom. The first kappa shape index (κ1) is 11.9. The van der Waals surface area contributed by atoms with E-state index in [1.807, 2.05) is 0 Å². The van der Waals surface area contributed by atoms with Crippen LogP contribution in [-0.4, -0.2) is 29.9 Å². The van der Waals surface area contributed by atoms with Crippen molar-refractivity contribution in [2.75, 3.05) is 25.0 Å². The molecule has 2 fully saturated rings. The molecule has 2 rings (SSSR count). The molecule has 0 aromatic rings. The fourth-order valence-corrected chi connectivity index (χ4v) is 3.77. The van der Waals surface area contributed by atoms with Crippen molar-refractivity contribution < 1.29 is 0 Å². The predicted molar refractivity (Wildman–Crippen MR) is 69.5 cm³/mol. The Morgan fingerprint density at radius 1 is 1.40 bits per heavy atom. The molecular weight excluding hydrogens is 250 g/mol. The van der Waals surface area contributed by atoms with Gasteiger partial charge in [-0.1, -0.05) is 36.2 Å². The molecule has 88 valence electrons. The Kier molecular flexibility index (Phi) is 3.77. The van der Waals surface area contributed by atoms with Crippen LogP contribution in [-0.2, 0) is 0 Å². The number of halogens is 1. The van der Waals surface area contributed by atoms with Gasteiger partial charge in [0.25, 0.3) is 0 Å². The monoisotopic (exact) mass is 273 g/mol. The molecule has 1 aliphatic heterocycles. The lowest BCUT2D eigenvalue weighted by atomic mass is 9.70. The summed E-state index contributed by atoms with van der Waals surface area (Å²) >= 11 is 3.71. The van der Waals surface area contributed by atoms with Gasteiger partial charge in [-0.3, -0.25) is 0 Å². The third-order valence-electron chi connectivity index (χ3n) is 4.51. The van der Waals surface area contributed by atoms with Gasteiger partial charge in [0.05, 0.1) is 0 Å². The average molecular weight is 274 g/mol. The molecule has 1 heterocycles. The molecule has 0 radical (unpaired) electrons. The van der Waals surface area contributed by atoms with Gasteiger partial charge in [0, 0.05) is 18.4 Å². The van der Waals surface area contributed by atoms with Crippen LogP contribution in [0.3, 0.4) is 0 Å². The van der Waals surface area contributed by atoms with Gasteiger partial charge in [0.1, 0.15) is 0 Å². The van der Waals surface area contributed by atoms with Crippen LogP contribution in [0.4, 0.5) is 0 Å². The van der Waals surface area contributed by atoms with E-state index in [0.717, 1.165) is 11.8 Å². The highest BCUT2D eigenvalue weighted by molar-refractivity contribution is 9.09. The largest absolute Gasteiger partial charge is 0.302 e. The molecular formula is C13H24BrN. The molecule has 0 aromatic carbocycles. The summed E-state index contributed by atoms with van der Waals surface area (Å²) in [6, 6.07) is 0. The molecule has 0 amide bonds. The maximum Gasteiger partial charge on any atom is 0.0100 e. The van der Waals surface area contributed by atoms with Gasteiger partial charge in [0.2, 0.25) is 0 Å². The first-order chi connectivity index (χ1) is 7.15. The van der Waals surface area contributed by atoms with Crippen LogP contribution >= 0.6 is 15.9 Å². The second-order valence-corrected chi connectivity index (χ2v) is 6.58. The fourth-order valence-electron chi connectivity index (χ4n) is 3.04. The SMILES string of the molecule is CC(C)C1CCN(CC2(CBr)CCC2)C1. The molecule has 1 aliphatic carbocycles. The first-order valence-corrected chi connectivity index (χ1v) is 7.56. The summed E-state index contributed by atoms with van der Waals surface area (Å²) in [4.78, 5) is 2.71. The minimum Gasteiger partial charge on any atom is -0.302 e. The van der Waals surface area contributed by atoms with Crippen LogP contribution in [0.15, 0.2) is 0 Å². The van der Waals surface area contributed by atoms with E-state index in [-0.39, 0.29) is 0 Å². The lowest BCUT2D eigenvalue weighted by molar-refractivity contribution is 0.102. The molecule has 1 saturated carbocycles. The van der Waals surface area contributed by atoms with Crippen LogP contribution in [0, 0.1) is 17.3 Å². The topological polar surface area (TPSA) is 3.24 Å². The van der Waals surface area contributed by atoms with Crippen molar-refractivity contribution in [2.24, 2.45) is 17.3 Å². The van der Waals surface area contributed by atoms with E-state index < -0.39 is 0 Å². The number of nitrogens with zero attached hydrogens (tertiary/aromatic N) is 1. The molecule has 1 unspecified atom stereocenters. The van der Waals surface area contributed by atoms with Crippen molar-refractivity contribution in [3.63, 3.8) is 0 Å². The summed E-state index contributed by atoms with van der Waals surface area (Å²) < 4.78 is 0. The maximum absolute atomic E-state index is 3.71. The molecule has 1 saturated heterocycles. The van der Waals surface area contributed by atoms with E-state index >= 15 is 0 Å². The number of alkyl halides is 1. The zero-order valence-electron chi connectivity index (χ0n) is 10.1. The van der Waals surface area contributed by atoms with Crippen LogP contribution in [0.1, 0.15) is 39.5 Å². The molecule has 0 spiro atoms. The quantitative estimate of drug-likeness (QED) is 0.709. The van der Waals surface area contributed by atoms with Crippen molar-refractivity contribution in [1.29, 1.82) is 0 Å². The third kappa shape index (κ3) is 2.58. The van der Waals surface area contributed by atoms with Crippen molar-refractivity contribution in [1.82, 2.24) is 4.90 Å². The normalized spacial score (nSPS) is 30.8. The second kappa shape index (κ2) is 4.75. The first-order valence-electron chi connectivity index (χ1n) is 6.43. The Morgan fingerprint density at radius 2 is 2.13 bits per heavy atom. The Hall–Kier alpha value is 0.440. The van der Waals surface area contributed by atoms with Crippen molar-refractivity contribution in [3.05, 3.63) is 0 Å². The fraction of sp³-hybridized carbons (Fsp3) is 1.00. The van der Waals surface area contributed by atoms with Crippen molar-refractivity contribution in [2.45, 2.75) is 39.5 Å². The lowest BCUT2D eigenvalue weighted by Gasteiger charge is -2.43. The zero-order chi connectivity index (χ0) is 10.9. The van der Waals surface area contributed by atoms with E-state index in [0.29, 0.717) is 5.41 Å². The Labute approximate surface area is 103 Å². The van der Waals surface area contributed by atoms with E-state index in [4.69, 9.17) is 0 Å². The molecule has 2 aliphatic rings. The van der Waals surface area contributed by atoms with Gasteiger partial charge < -0.3 is 4.90 Å². The van der Waals surface area contributed by atoms with Gasteiger partial charge >= 0.3 is 0 Å². The van der Waals surface area contributed by atoms with Crippen LogP contribution in [0.25, 0.3) is 0 Å². The van der Waals surface area contributed by atoms with Crippen LogP contribution in [0.5, 0.6) is 0 Å². The zero-order valence-corrected chi connectivity index (χ0v) is 11.7. The number of likely N-dealkylation sites (tertiary alicyclic amines) is 1.